The molecule has 4 aliphatic rings. The Hall–Kier alpha value is -2.60. The van der Waals surface area contributed by atoms with E-state index in [9.17, 15) is 19.5 Å². The number of ether oxygens (including phenoxy) is 2. The lowest BCUT2D eigenvalue weighted by Crippen LogP contribution is -2.75. The molecule has 4 aliphatic carbocycles. The summed E-state index contributed by atoms with van der Waals surface area (Å²) in [5.74, 6) is -4.67. The summed E-state index contributed by atoms with van der Waals surface area (Å²) in [6, 6.07) is 1.77. The van der Waals surface area contributed by atoms with Crippen molar-refractivity contribution in [3.8, 4) is 6.07 Å². The molecule has 5 unspecified atom stereocenters. The van der Waals surface area contributed by atoms with E-state index < -0.39 is 82.4 Å². The first kappa shape index (κ1) is 29.4. The van der Waals surface area contributed by atoms with Gasteiger partial charge in [0.25, 0.3) is 0 Å². The molecule has 0 aromatic rings. The van der Waals surface area contributed by atoms with Crippen LogP contribution in [-0.2, 0) is 23.9 Å². The van der Waals surface area contributed by atoms with Crippen molar-refractivity contribution in [1.29, 1.82) is 5.26 Å². The van der Waals surface area contributed by atoms with E-state index >= 15 is 8.78 Å². The van der Waals surface area contributed by atoms with Crippen molar-refractivity contribution in [3.63, 3.8) is 0 Å². The summed E-state index contributed by atoms with van der Waals surface area (Å²) in [6.45, 7) is 8.09. The number of halogens is 2. The molecule has 0 saturated heterocycles. The molecular weight excluding hydrogens is 508 g/mol. The third-order valence-corrected chi connectivity index (χ3v) is 10.6. The summed E-state index contributed by atoms with van der Waals surface area (Å²) in [6.07, 6.45) is 1.62. The van der Waals surface area contributed by atoms with E-state index in [1.165, 1.54) is 19.1 Å². The van der Waals surface area contributed by atoms with Gasteiger partial charge in [-0.2, -0.15) is 5.26 Å². The van der Waals surface area contributed by atoms with Crippen LogP contribution < -0.4 is 0 Å². The molecule has 39 heavy (non-hydrogen) atoms. The molecule has 1 N–H and O–H groups in total. The van der Waals surface area contributed by atoms with E-state index in [0.717, 1.165) is 6.08 Å². The first-order valence-electron chi connectivity index (χ1n) is 14.0. The van der Waals surface area contributed by atoms with Crippen LogP contribution in [0.25, 0.3) is 0 Å². The van der Waals surface area contributed by atoms with Gasteiger partial charge in [0.2, 0.25) is 5.60 Å². The Morgan fingerprint density at radius 2 is 1.90 bits per heavy atom. The minimum atomic E-state index is -2.33. The molecule has 0 aromatic heterocycles. The number of nitriles is 1. The number of esters is 2. The number of hydrogen-bond acceptors (Lipinski definition) is 7. The molecule has 7 nitrogen and oxygen atoms in total. The van der Waals surface area contributed by atoms with E-state index in [4.69, 9.17) is 14.7 Å². The lowest BCUT2D eigenvalue weighted by molar-refractivity contribution is -0.276. The van der Waals surface area contributed by atoms with Crippen molar-refractivity contribution in [2.24, 2.45) is 34.5 Å². The van der Waals surface area contributed by atoms with Crippen LogP contribution in [0.3, 0.4) is 0 Å². The number of alkyl halides is 2. The number of aliphatic hydroxyl groups excluding tert-OH is 1. The number of carbonyl (C=O) groups is 3. The average Bonchev–Trinajstić information content (AvgIpc) is 2.88. The second kappa shape index (κ2) is 10.1. The van der Waals surface area contributed by atoms with E-state index in [1.54, 1.807) is 19.9 Å². The van der Waals surface area contributed by atoms with Gasteiger partial charge in [-0.1, -0.05) is 33.8 Å². The average molecular weight is 548 g/mol. The topological polar surface area (TPSA) is 114 Å². The zero-order valence-corrected chi connectivity index (χ0v) is 23.3. The predicted molar refractivity (Wildman–Crippen MR) is 137 cm³/mol. The van der Waals surface area contributed by atoms with Crippen molar-refractivity contribution < 1.29 is 37.7 Å². The number of aliphatic hydroxyl groups is 1. The Morgan fingerprint density at radius 3 is 2.51 bits per heavy atom. The Morgan fingerprint density at radius 1 is 1.23 bits per heavy atom. The Balaban J connectivity index is 1.88. The second-order valence-electron chi connectivity index (χ2n) is 12.2. The molecule has 9 atom stereocenters. The highest BCUT2D eigenvalue weighted by Crippen LogP contribution is 2.70. The summed E-state index contributed by atoms with van der Waals surface area (Å²) >= 11 is 0. The molecular formula is C30H39F2NO6. The first-order valence-corrected chi connectivity index (χ1v) is 14.0. The molecule has 3 fully saturated rings. The van der Waals surface area contributed by atoms with Crippen LogP contribution in [0.5, 0.6) is 0 Å². The molecule has 0 spiro atoms. The molecule has 0 aromatic carbocycles. The van der Waals surface area contributed by atoms with Crippen molar-refractivity contribution >= 4 is 17.7 Å². The van der Waals surface area contributed by atoms with Gasteiger partial charge in [0, 0.05) is 22.7 Å². The molecule has 214 valence electrons. The highest BCUT2D eigenvalue weighted by molar-refractivity contribution is 6.01. The third-order valence-electron chi connectivity index (χ3n) is 10.6. The van der Waals surface area contributed by atoms with Crippen LogP contribution in [-0.4, -0.2) is 53.0 Å². The molecule has 0 aliphatic heterocycles. The number of carbonyl (C=O) groups excluding carboxylic acids is 3. The van der Waals surface area contributed by atoms with Gasteiger partial charge < -0.3 is 14.6 Å². The predicted octanol–water partition coefficient (Wildman–Crippen LogP) is 4.73. The molecule has 0 bridgehead atoms. The lowest BCUT2D eigenvalue weighted by Gasteiger charge is -2.67. The zero-order chi connectivity index (χ0) is 29.0. The van der Waals surface area contributed by atoms with Crippen LogP contribution >= 0.6 is 0 Å². The minimum Gasteiger partial charge on any atom is -0.447 e. The summed E-state index contributed by atoms with van der Waals surface area (Å²) in [5.41, 5.74) is -7.10. The van der Waals surface area contributed by atoms with Crippen LogP contribution in [0.2, 0.25) is 0 Å². The SMILES string of the molecule is CCC(CC)C(=O)OC1(C(=O)OCC#N)[C@H](C)CC[C@H]2C3C[C@H](F)C4=CC(=O)C=CC4(C)[C@@]3(F)C(O)CC21C. The van der Waals surface area contributed by atoms with E-state index in [-0.39, 0.29) is 18.4 Å². The Bertz CT molecular complexity index is 1140. The largest absolute Gasteiger partial charge is 0.447 e. The normalized spacial score (nSPS) is 42.9. The van der Waals surface area contributed by atoms with Crippen molar-refractivity contribution in [1.82, 2.24) is 0 Å². The monoisotopic (exact) mass is 547 g/mol. The maximum atomic E-state index is 17.5. The van der Waals surface area contributed by atoms with Crippen LogP contribution in [0.1, 0.15) is 73.1 Å². The number of ketones is 1. The quantitative estimate of drug-likeness (QED) is 0.479. The van der Waals surface area contributed by atoms with Gasteiger partial charge >= 0.3 is 11.9 Å². The number of fused-ring (bicyclic) bond motifs is 5. The van der Waals surface area contributed by atoms with Crippen molar-refractivity contribution in [3.05, 3.63) is 23.8 Å². The number of rotatable bonds is 6. The number of allylic oxidation sites excluding steroid dienone is 4. The standard InChI is InChI=1S/C30H39F2NO6/c1-6-18(7-2)25(36)39-30(26(37)38-13-12-33)17(3)8-9-20-21-15-23(31)22-14-19(34)10-11-27(22,4)29(21,32)24(35)16-28(20,30)5/h10-11,14,17-18,20-21,23-24,35H,6-9,13,15-16H2,1-5H3/t17-,20+,21?,23+,24?,27?,28?,29+,30?/m1/s1. The van der Waals surface area contributed by atoms with Gasteiger partial charge in [0.15, 0.2) is 18.1 Å². The van der Waals surface area contributed by atoms with Gasteiger partial charge in [-0.25, -0.2) is 13.6 Å². The van der Waals surface area contributed by atoms with Crippen molar-refractivity contribution in [2.45, 2.75) is 96.7 Å². The Kier molecular flexibility index (Phi) is 7.61. The van der Waals surface area contributed by atoms with E-state index in [2.05, 4.69) is 0 Å². The van der Waals surface area contributed by atoms with Crippen LogP contribution in [0.4, 0.5) is 8.78 Å². The Labute approximate surface area is 228 Å². The minimum absolute atomic E-state index is 0.0143. The first-order chi connectivity index (χ1) is 18.3. The fourth-order valence-corrected chi connectivity index (χ4v) is 8.47. The van der Waals surface area contributed by atoms with Gasteiger partial charge in [-0.3, -0.25) is 9.59 Å². The van der Waals surface area contributed by atoms with Gasteiger partial charge in [0.1, 0.15) is 12.2 Å². The highest BCUT2D eigenvalue weighted by atomic mass is 19.1. The number of nitrogens with zero attached hydrogens (tertiary/aromatic N) is 1. The zero-order valence-electron chi connectivity index (χ0n) is 23.3. The third kappa shape index (κ3) is 3.92. The van der Waals surface area contributed by atoms with E-state index in [0.29, 0.717) is 25.7 Å². The number of hydrogen-bond donors (Lipinski definition) is 1. The smallest absolute Gasteiger partial charge is 0.352 e. The maximum Gasteiger partial charge on any atom is 0.352 e. The second-order valence-corrected chi connectivity index (χ2v) is 12.2. The van der Waals surface area contributed by atoms with Gasteiger partial charge in [0.05, 0.1) is 12.0 Å². The molecule has 9 heteroatoms. The molecule has 0 heterocycles. The molecule has 0 amide bonds. The van der Waals surface area contributed by atoms with Crippen molar-refractivity contribution in [2.75, 3.05) is 6.61 Å². The fourth-order valence-electron chi connectivity index (χ4n) is 8.47. The fraction of sp³-hybridized carbons (Fsp3) is 0.733. The van der Waals surface area contributed by atoms with Gasteiger partial charge in [-0.15, -0.1) is 0 Å². The summed E-state index contributed by atoms with van der Waals surface area (Å²) in [7, 11) is 0. The summed E-state index contributed by atoms with van der Waals surface area (Å²) in [5, 5.41) is 20.8. The molecule has 3 saturated carbocycles. The highest BCUT2D eigenvalue weighted by Gasteiger charge is 2.77. The molecule has 0 radical (unpaired) electrons. The lowest BCUT2D eigenvalue weighted by atomic mass is 9.39. The molecule has 4 rings (SSSR count). The van der Waals surface area contributed by atoms with E-state index in [1.807, 2.05) is 13.8 Å². The summed E-state index contributed by atoms with van der Waals surface area (Å²) < 4.78 is 44.8. The summed E-state index contributed by atoms with van der Waals surface area (Å²) in [4.78, 5) is 39.4. The van der Waals surface area contributed by atoms with Crippen LogP contribution in [0.15, 0.2) is 23.8 Å². The van der Waals surface area contributed by atoms with Gasteiger partial charge in [-0.05, 0) is 69.1 Å². The van der Waals surface area contributed by atoms with Crippen LogP contribution in [0, 0.1) is 45.8 Å². The maximum absolute atomic E-state index is 17.5.